The number of aryl methyl sites for hydroxylation is 2. The molecule has 0 unspecified atom stereocenters. The van der Waals surface area contributed by atoms with Crippen molar-refractivity contribution >= 4 is 27.3 Å². The largest absolute Gasteiger partial charge is 0.333 e. The minimum absolute atomic E-state index is 0.0142. The van der Waals surface area contributed by atoms with E-state index in [1.165, 1.54) is 29.9 Å². The molecule has 10 heteroatoms. The van der Waals surface area contributed by atoms with Crippen LogP contribution < -0.4 is 4.72 Å². The summed E-state index contributed by atoms with van der Waals surface area (Å²) in [5.74, 6) is -2.80. The van der Waals surface area contributed by atoms with E-state index in [0.29, 0.717) is 0 Å². The number of sulfonamides is 1. The van der Waals surface area contributed by atoms with Crippen LogP contribution in [0.15, 0.2) is 40.1 Å². The smallest absolute Gasteiger partial charge is 0.285 e. The minimum atomic E-state index is -4.05. The number of hydrogen-bond acceptors (Lipinski definition) is 5. The van der Waals surface area contributed by atoms with Crippen molar-refractivity contribution in [2.24, 2.45) is 7.05 Å². The van der Waals surface area contributed by atoms with E-state index >= 15 is 0 Å². The standard InChI is InChI=1S/C16H13F2N3O3S2/c1-9-6-13(25-8-9)26(23,24)20-16(22)12-7-21(2)15(19-12)14-10(17)4-3-5-11(14)18/h3-8H,1-2H3,(H,20,22). The molecule has 0 atom stereocenters. The number of carbonyl (C=O) groups is 1. The number of benzene rings is 1. The molecule has 2 heterocycles. The van der Waals surface area contributed by atoms with Crippen molar-refractivity contribution in [1.29, 1.82) is 0 Å². The molecule has 3 rings (SSSR count). The molecule has 136 valence electrons. The second-order valence-electron chi connectivity index (χ2n) is 5.54. The van der Waals surface area contributed by atoms with Crippen molar-refractivity contribution in [3.8, 4) is 11.4 Å². The summed E-state index contributed by atoms with van der Waals surface area (Å²) in [5.41, 5.74) is 0.0748. The Morgan fingerprint density at radius 1 is 1.27 bits per heavy atom. The van der Waals surface area contributed by atoms with Crippen molar-refractivity contribution in [2.75, 3.05) is 0 Å². The summed E-state index contributed by atoms with van der Waals surface area (Å²) in [4.78, 5) is 16.2. The van der Waals surface area contributed by atoms with Crippen LogP contribution in [0.3, 0.4) is 0 Å². The fourth-order valence-electron chi connectivity index (χ4n) is 2.29. The first-order valence-electron chi connectivity index (χ1n) is 7.29. The number of aromatic nitrogens is 2. The highest BCUT2D eigenvalue weighted by Crippen LogP contribution is 2.25. The van der Waals surface area contributed by atoms with Gasteiger partial charge in [-0.25, -0.2) is 26.9 Å². The van der Waals surface area contributed by atoms with E-state index in [2.05, 4.69) is 4.98 Å². The van der Waals surface area contributed by atoms with Gasteiger partial charge >= 0.3 is 0 Å². The molecule has 1 aromatic carbocycles. The van der Waals surface area contributed by atoms with Crippen LogP contribution in [0.1, 0.15) is 16.1 Å². The molecule has 1 N–H and O–H groups in total. The fraction of sp³-hybridized carbons (Fsp3) is 0.125. The minimum Gasteiger partial charge on any atom is -0.333 e. The topological polar surface area (TPSA) is 81.1 Å². The van der Waals surface area contributed by atoms with Crippen LogP contribution in [0, 0.1) is 18.6 Å². The van der Waals surface area contributed by atoms with E-state index in [4.69, 9.17) is 0 Å². The number of thiophene rings is 1. The molecule has 0 bridgehead atoms. The molecule has 6 nitrogen and oxygen atoms in total. The van der Waals surface area contributed by atoms with Crippen LogP contribution >= 0.6 is 11.3 Å². The number of hydrogen-bond donors (Lipinski definition) is 1. The lowest BCUT2D eigenvalue weighted by Crippen LogP contribution is -2.30. The van der Waals surface area contributed by atoms with Crippen LogP contribution in [0.2, 0.25) is 0 Å². The van der Waals surface area contributed by atoms with Gasteiger partial charge in [-0.15, -0.1) is 11.3 Å². The highest BCUT2D eigenvalue weighted by Gasteiger charge is 2.24. The summed E-state index contributed by atoms with van der Waals surface area (Å²) < 4.78 is 55.4. The molecular weight excluding hydrogens is 384 g/mol. The molecule has 0 saturated carbocycles. The zero-order valence-corrected chi connectivity index (χ0v) is 15.3. The van der Waals surface area contributed by atoms with Crippen molar-refractivity contribution in [3.05, 3.63) is 58.7 Å². The number of amides is 1. The van der Waals surface area contributed by atoms with Crippen LogP contribution in [-0.2, 0) is 17.1 Å². The Balaban J connectivity index is 1.93. The van der Waals surface area contributed by atoms with Gasteiger partial charge in [0.25, 0.3) is 15.9 Å². The van der Waals surface area contributed by atoms with E-state index in [1.54, 1.807) is 12.3 Å². The second-order valence-corrected chi connectivity index (χ2v) is 8.36. The third-order valence-electron chi connectivity index (χ3n) is 3.49. The molecule has 26 heavy (non-hydrogen) atoms. The van der Waals surface area contributed by atoms with Crippen LogP contribution in [0.5, 0.6) is 0 Å². The Labute approximate surface area is 152 Å². The predicted octanol–water partition coefficient (Wildman–Crippen LogP) is 2.85. The average Bonchev–Trinajstić information content (AvgIpc) is 3.14. The van der Waals surface area contributed by atoms with Crippen LogP contribution in [0.25, 0.3) is 11.4 Å². The number of rotatable bonds is 4. The van der Waals surface area contributed by atoms with Crippen molar-refractivity contribution in [2.45, 2.75) is 11.1 Å². The molecule has 1 amide bonds. The first-order chi connectivity index (χ1) is 12.2. The van der Waals surface area contributed by atoms with Gasteiger partial charge in [0.05, 0.1) is 5.56 Å². The molecule has 0 spiro atoms. The molecule has 0 aliphatic heterocycles. The Hall–Kier alpha value is -2.59. The van der Waals surface area contributed by atoms with E-state index in [1.807, 2.05) is 4.72 Å². The van der Waals surface area contributed by atoms with Gasteiger partial charge in [0.1, 0.15) is 27.4 Å². The summed E-state index contributed by atoms with van der Waals surface area (Å²) >= 11 is 0.975. The number of imidazole rings is 1. The molecule has 2 aromatic heterocycles. The molecule has 0 fully saturated rings. The van der Waals surface area contributed by atoms with E-state index < -0.39 is 33.1 Å². The maximum Gasteiger partial charge on any atom is 0.285 e. The number of nitrogens with zero attached hydrogens (tertiary/aromatic N) is 2. The van der Waals surface area contributed by atoms with Crippen molar-refractivity contribution < 1.29 is 22.0 Å². The monoisotopic (exact) mass is 397 g/mol. The quantitative estimate of drug-likeness (QED) is 0.734. The third-order valence-corrected chi connectivity index (χ3v) is 6.38. The molecule has 0 aliphatic rings. The van der Waals surface area contributed by atoms with Crippen LogP contribution in [-0.4, -0.2) is 23.9 Å². The number of carbonyl (C=O) groups excluding carboxylic acids is 1. The summed E-state index contributed by atoms with van der Waals surface area (Å²) in [5, 5.41) is 1.64. The summed E-state index contributed by atoms with van der Waals surface area (Å²) in [6.07, 6.45) is 1.20. The van der Waals surface area contributed by atoms with Gasteiger partial charge in [0.2, 0.25) is 0 Å². The molecular formula is C16H13F2N3O3S2. The van der Waals surface area contributed by atoms with Gasteiger partial charge < -0.3 is 4.57 Å². The van der Waals surface area contributed by atoms with Gasteiger partial charge in [0.15, 0.2) is 0 Å². The predicted molar refractivity (Wildman–Crippen MR) is 92.3 cm³/mol. The summed E-state index contributed by atoms with van der Waals surface area (Å²) in [6.45, 7) is 1.73. The lowest BCUT2D eigenvalue weighted by atomic mass is 10.2. The zero-order valence-electron chi connectivity index (χ0n) is 13.7. The van der Waals surface area contributed by atoms with Gasteiger partial charge in [-0.2, -0.15) is 0 Å². The Morgan fingerprint density at radius 3 is 2.50 bits per heavy atom. The third kappa shape index (κ3) is 3.37. The Morgan fingerprint density at radius 2 is 1.92 bits per heavy atom. The van der Waals surface area contributed by atoms with Crippen molar-refractivity contribution in [3.63, 3.8) is 0 Å². The number of nitrogens with one attached hydrogen (secondary N) is 1. The van der Waals surface area contributed by atoms with E-state index in [0.717, 1.165) is 29.0 Å². The van der Waals surface area contributed by atoms with Gasteiger partial charge in [0, 0.05) is 13.2 Å². The maximum atomic E-state index is 13.9. The first kappa shape index (κ1) is 18.2. The second kappa shape index (κ2) is 6.61. The zero-order chi connectivity index (χ0) is 19.1. The normalized spacial score (nSPS) is 11.5. The summed E-state index contributed by atoms with van der Waals surface area (Å²) in [7, 11) is -2.60. The van der Waals surface area contributed by atoms with Gasteiger partial charge in [-0.3, -0.25) is 4.79 Å². The Kier molecular flexibility index (Phi) is 4.63. The molecule has 0 aliphatic carbocycles. The maximum absolute atomic E-state index is 13.9. The molecule has 3 aromatic rings. The highest BCUT2D eigenvalue weighted by molar-refractivity contribution is 7.92. The van der Waals surface area contributed by atoms with Crippen molar-refractivity contribution in [1.82, 2.24) is 14.3 Å². The van der Waals surface area contributed by atoms with Crippen LogP contribution in [0.4, 0.5) is 8.78 Å². The van der Waals surface area contributed by atoms with Gasteiger partial charge in [-0.05, 0) is 36.1 Å². The fourth-order valence-corrected chi connectivity index (χ4v) is 4.48. The van der Waals surface area contributed by atoms with E-state index in [-0.39, 0.29) is 15.7 Å². The first-order valence-corrected chi connectivity index (χ1v) is 9.65. The highest BCUT2D eigenvalue weighted by atomic mass is 32.2. The van der Waals surface area contributed by atoms with E-state index in [9.17, 15) is 22.0 Å². The number of halogens is 2. The molecule has 0 saturated heterocycles. The van der Waals surface area contributed by atoms with Gasteiger partial charge in [-0.1, -0.05) is 6.07 Å². The molecule has 0 radical (unpaired) electrons. The average molecular weight is 397 g/mol. The lowest BCUT2D eigenvalue weighted by molar-refractivity contribution is 0.0977. The Bertz CT molecular complexity index is 1080. The lowest BCUT2D eigenvalue weighted by Gasteiger charge is -2.04. The summed E-state index contributed by atoms with van der Waals surface area (Å²) in [6, 6.07) is 4.77. The SMILES string of the molecule is Cc1csc(S(=O)(=O)NC(=O)c2cn(C)c(-c3c(F)cccc3F)n2)c1.